The first-order chi connectivity index (χ1) is 15.2. The number of carbonyl (C=O) groups is 1. The fourth-order valence-electron chi connectivity index (χ4n) is 3.73. The van der Waals surface area contributed by atoms with Crippen LogP contribution in [0.4, 0.5) is 5.69 Å². The van der Waals surface area contributed by atoms with Gasteiger partial charge < -0.3 is 15.5 Å². The number of nitrogens with zero attached hydrogens (tertiary/aromatic N) is 4. The van der Waals surface area contributed by atoms with E-state index in [0.717, 1.165) is 36.7 Å². The molecule has 3 aromatic rings. The number of anilines is 1. The Hall–Kier alpha value is -3.61. The molecule has 2 heterocycles. The summed E-state index contributed by atoms with van der Waals surface area (Å²) in [5, 5.41) is 11.0. The Morgan fingerprint density at radius 1 is 1.03 bits per heavy atom. The Morgan fingerprint density at radius 3 is 2.48 bits per heavy atom. The van der Waals surface area contributed by atoms with E-state index in [-0.39, 0.29) is 5.91 Å². The van der Waals surface area contributed by atoms with E-state index in [0.29, 0.717) is 19.5 Å². The first-order valence-corrected chi connectivity index (χ1v) is 10.6. The molecule has 0 bridgehead atoms. The van der Waals surface area contributed by atoms with Crippen LogP contribution in [0.2, 0.25) is 0 Å². The molecule has 4 rings (SSSR count). The minimum absolute atomic E-state index is 0.212. The van der Waals surface area contributed by atoms with Crippen LogP contribution in [0, 0.1) is 0 Å². The standard InChI is InChI=1S/C24H28N6O/c1-25-24(26-16-19-8-10-22(11-9-19)30-14-3-7-23(30)31)27-17-20-5-2-6-21(15-20)18-29-13-4-12-28-29/h2,4-6,8-13,15H,3,7,14,16-18H2,1H3,(H2,25,26,27). The van der Waals surface area contributed by atoms with Gasteiger partial charge in [0.1, 0.15) is 0 Å². The van der Waals surface area contributed by atoms with E-state index in [9.17, 15) is 4.79 Å². The van der Waals surface area contributed by atoms with Crippen LogP contribution in [-0.4, -0.2) is 35.2 Å². The first-order valence-electron chi connectivity index (χ1n) is 10.6. The van der Waals surface area contributed by atoms with Crippen molar-refractivity contribution in [2.45, 2.75) is 32.5 Å². The molecule has 0 radical (unpaired) electrons. The molecule has 2 N–H and O–H groups in total. The van der Waals surface area contributed by atoms with Gasteiger partial charge >= 0.3 is 0 Å². The summed E-state index contributed by atoms with van der Waals surface area (Å²) >= 11 is 0. The fourth-order valence-corrected chi connectivity index (χ4v) is 3.73. The van der Waals surface area contributed by atoms with Crippen molar-refractivity contribution in [1.82, 2.24) is 20.4 Å². The Balaban J connectivity index is 1.28. The highest BCUT2D eigenvalue weighted by atomic mass is 16.2. The first kappa shape index (κ1) is 20.7. The number of hydrogen-bond donors (Lipinski definition) is 2. The zero-order chi connectivity index (χ0) is 21.5. The summed E-state index contributed by atoms with van der Waals surface area (Å²) in [5.74, 6) is 0.959. The zero-order valence-corrected chi connectivity index (χ0v) is 17.8. The summed E-state index contributed by atoms with van der Waals surface area (Å²) in [6.45, 7) is 2.92. The summed E-state index contributed by atoms with van der Waals surface area (Å²) in [6.07, 6.45) is 5.35. The largest absolute Gasteiger partial charge is 0.352 e. The van der Waals surface area contributed by atoms with Gasteiger partial charge in [-0.2, -0.15) is 5.10 Å². The van der Waals surface area contributed by atoms with Crippen LogP contribution in [0.1, 0.15) is 29.5 Å². The Labute approximate surface area is 182 Å². The predicted octanol–water partition coefficient (Wildman–Crippen LogP) is 2.92. The minimum atomic E-state index is 0.212. The van der Waals surface area contributed by atoms with Crippen molar-refractivity contribution in [3.63, 3.8) is 0 Å². The van der Waals surface area contributed by atoms with E-state index in [2.05, 4.69) is 57.1 Å². The van der Waals surface area contributed by atoms with Crippen LogP contribution in [-0.2, 0) is 24.4 Å². The van der Waals surface area contributed by atoms with Gasteiger partial charge in [0, 0.05) is 51.2 Å². The molecule has 0 aliphatic carbocycles. The van der Waals surface area contributed by atoms with E-state index in [4.69, 9.17) is 0 Å². The van der Waals surface area contributed by atoms with Gasteiger partial charge in [-0.15, -0.1) is 0 Å². The number of benzene rings is 2. The molecular weight excluding hydrogens is 388 g/mol. The summed E-state index contributed by atoms with van der Waals surface area (Å²) in [7, 11) is 1.77. The van der Waals surface area contributed by atoms with Gasteiger partial charge in [-0.1, -0.05) is 36.4 Å². The number of aliphatic imine (C=N–C) groups is 1. The van der Waals surface area contributed by atoms with Gasteiger partial charge in [-0.05, 0) is 41.3 Å². The predicted molar refractivity (Wildman–Crippen MR) is 123 cm³/mol. The molecule has 7 heteroatoms. The van der Waals surface area contributed by atoms with Gasteiger partial charge in [-0.3, -0.25) is 14.5 Å². The number of guanidine groups is 1. The van der Waals surface area contributed by atoms with Gasteiger partial charge in [0.15, 0.2) is 5.96 Å². The van der Waals surface area contributed by atoms with Gasteiger partial charge in [0.25, 0.3) is 0 Å². The maximum absolute atomic E-state index is 11.9. The van der Waals surface area contributed by atoms with E-state index in [1.165, 1.54) is 11.1 Å². The molecule has 160 valence electrons. The van der Waals surface area contributed by atoms with E-state index < -0.39 is 0 Å². The van der Waals surface area contributed by atoms with Crippen molar-refractivity contribution in [2.24, 2.45) is 4.99 Å². The molecular formula is C24H28N6O. The molecule has 1 fully saturated rings. The maximum Gasteiger partial charge on any atom is 0.227 e. The second-order valence-corrected chi connectivity index (χ2v) is 7.62. The van der Waals surface area contributed by atoms with Crippen LogP contribution in [0.3, 0.4) is 0 Å². The van der Waals surface area contributed by atoms with Crippen LogP contribution in [0.25, 0.3) is 0 Å². The van der Waals surface area contributed by atoms with Crippen molar-refractivity contribution in [3.8, 4) is 0 Å². The minimum Gasteiger partial charge on any atom is -0.352 e. The van der Waals surface area contributed by atoms with Crippen LogP contribution in [0.5, 0.6) is 0 Å². The molecule has 1 aliphatic rings. The molecule has 0 spiro atoms. The number of aromatic nitrogens is 2. The normalized spacial score (nSPS) is 14.2. The molecule has 2 aromatic carbocycles. The Morgan fingerprint density at radius 2 is 1.81 bits per heavy atom. The van der Waals surface area contributed by atoms with E-state index in [1.807, 2.05) is 34.0 Å². The Bertz CT molecular complexity index is 1030. The Kier molecular flexibility index (Phi) is 6.62. The second kappa shape index (κ2) is 9.93. The number of carbonyl (C=O) groups excluding carboxylic acids is 1. The zero-order valence-electron chi connectivity index (χ0n) is 17.8. The van der Waals surface area contributed by atoms with Gasteiger partial charge in [0.05, 0.1) is 6.54 Å². The maximum atomic E-state index is 11.9. The summed E-state index contributed by atoms with van der Waals surface area (Å²) in [6, 6.07) is 18.5. The molecule has 1 aromatic heterocycles. The lowest BCUT2D eigenvalue weighted by Gasteiger charge is -2.16. The van der Waals surface area contributed by atoms with Crippen molar-refractivity contribution in [3.05, 3.63) is 83.7 Å². The lowest BCUT2D eigenvalue weighted by molar-refractivity contribution is -0.117. The average Bonchev–Trinajstić information content (AvgIpc) is 3.46. The molecule has 1 saturated heterocycles. The average molecular weight is 417 g/mol. The molecule has 31 heavy (non-hydrogen) atoms. The lowest BCUT2D eigenvalue weighted by Crippen LogP contribution is -2.36. The summed E-state index contributed by atoms with van der Waals surface area (Å²) < 4.78 is 1.91. The highest BCUT2D eigenvalue weighted by molar-refractivity contribution is 5.95. The summed E-state index contributed by atoms with van der Waals surface area (Å²) in [5.41, 5.74) is 4.51. The van der Waals surface area contributed by atoms with E-state index >= 15 is 0 Å². The van der Waals surface area contributed by atoms with Crippen molar-refractivity contribution in [1.29, 1.82) is 0 Å². The SMILES string of the molecule is CN=C(NCc1ccc(N2CCCC2=O)cc1)NCc1cccc(Cn2cccn2)c1. The molecule has 0 atom stereocenters. The molecule has 1 aliphatic heterocycles. The van der Waals surface area contributed by atoms with Crippen LogP contribution in [0.15, 0.2) is 72.0 Å². The third-order valence-corrected chi connectivity index (χ3v) is 5.36. The highest BCUT2D eigenvalue weighted by Gasteiger charge is 2.21. The quantitative estimate of drug-likeness (QED) is 0.459. The summed E-state index contributed by atoms with van der Waals surface area (Å²) in [4.78, 5) is 18.1. The van der Waals surface area contributed by atoms with Gasteiger partial charge in [0.2, 0.25) is 5.91 Å². The van der Waals surface area contributed by atoms with Crippen LogP contribution >= 0.6 is 0 Å². The smallest absolute Gasteiger partial charge is 0.227 e. The highest BCUT2D eigenvalue weighted by Crippen LogP contribution is 2.21. The number of hydrogen-bond acceptors (Lipinski definition) is 3. The molecule has 7 nitrogen and oxygen atoms in total. The second-order valence-electron chi connectivity index (χ2n) is 7.62. The fraction of sp³-hybridized carbons (Fsp3) is 0.292. The molecule has 0 saturated carbocycles. The number of amides is 1. The van der Waals surface area contributed by atoms with E-state index in [1.54, 1.807) is 13.2 Å². The lowest BCUT2D eigenvalue weighted by atomic mass is 10.1. The van der Waals surface area contributed by atoms with Crippen molar-refractivity contribution < 1.29 is 4.79 Å². The van der Waals surface area contributed by atoms with Crippen LogP contribution < -0.4 is 15.5 Å². The molecule has 1 amide bonds. The van der Waals surface area contributed by atoms with Gasteiger partial charge in [-0.25, -0.2) is 0 Å². The monoisotopic (exact) mass is 416 g/mol. The number of nitrogens with one attached hydrogen (secondary N) is 2. The van der Waals surface area contributed by atoms with Crippen molar-refractivity contribution in [2.75, 3.05) is 18.5 Å². The third-order valence-electron chi connectivity index (χ3n) is 5.36. The number of rotatable bonds is 7. The third kappa shape index (κ3) is 5.51. The topological polar surface area (TPSA) is 74.6 Å². The molecule has 0 unspecified atom stereocenters. The van der Waals surface area contributed by atoms with Crippen molar-refractivity contribution >= 4 is 17.6 Å².